The van der Waals surface area contributed by atoms with Gasteiger partial charge >= 0.3 is 0 Å². The van der Waals surface area contributed by atoms with Gasteiger partial charge in [0.2, 0.25) is 0 Å². The summed E-state index contributed by atoms with van der Waals surface area (Å²) in [5.41, 5.74) is 7.25. The van der Waals surface area contributed by atoms with Crippen LogP contribution in [-0.2, 0) is 0 Å². The topological polar surface area (TPSA) is 50.4 Å². The molecule has 3 N–H and O–H groups in total. The molecule has 0 radical (unpaired) electrons. The second kappa shape index (κ2) is 5.92. The predicted molar refractivity (Wildman–Crippen MR) is 49.8 cm³/mol. The van der Waals surface area contributed by atoms with Gasteiger partial charge in [-0.25, -0.2) is 0 Å². The summed E-state index contributed by atoms with van der Waals surface area (Å²) in [4.78, 5) is 4.25. The molecule has 0 rings (SSSR count). The van der Waals surface area contributed by atoms with Crippen molar-refractivity contribution in [2.45, 2.75) is 13.8 Å². The molecule has 11 heavy (non-hydrogen) atoms. The Labute approximate surface area is 68.4 Å². The van der Waals surface area contributed by atoms with Gasteiger partial charge in [0.05, 0.1) is 6.54 Å². The van der Waals surface area contributed by atoms with Crippen molar-refractivity contribution in [1.29, 1.82) is 0 Å². The lowest BCUT2D eigenvalue weighted by atomic mass is 10.3. The standard InChI is InChI=1S/C8H17N3/c1-7(9)6-8(2)11-5-4-10-3/h6,10H,4-5,9H2,1-3H3. The van der Waals surface area contributed by atoms with Crippen LogP contribution in [0, 0.1) is 0 Å². The van der Waals surface area contributed by atoms with Crippen LogP contribution in [0.2, 0.25) is 0 Å². The molecule has 0 fully saturated rings. The van der Waals surface area contributed by atoms with Crippen molar-refractivity contribution in [3.63, 3.8) is 0 Å². The first-order valence-corrected chi connectivity index (χ1v) is 3.76. The molecule has 0 aromatic carbocycles. The second-order valence-corrected chi connectivity index (χ2v) is 2.52. The van der Waals surface area contributed by atoms with Gasteiger partial charge in [0.1, 0.15) is 0 Å². The molecular formula is C8H17N3. The molecule has 0 saturated carbocycles. The zero-order valence-electron chi connectivity index (χ0n) is 7.52. The maximum Gasteiger partial charge on any atom is 0.0517 e. The molecule has 0 atom stereocenters. The monoisotopic (exact) mass is 155 g/mol. The SMILES string of the molecule is CNCCN=C(C)C=C(C)N. The number of allylic oxidation sites excluding steroid dienone is 2. The summed E-state index contributed by atoms with van der Waals surface area (Å²) >= 11 is 0. The average molecular weight is 155 g/mol. The summed E-state index contributed by atoms with van der Waals surface area (Å²) in [5.74, 6) is 0. The van der Waals surface area contributed by atoms with Gasteiger partial charge in [-0.15, -0.1) is 0 Å². The fourth-order valence-electron chi connectivity index (χ4n) is 0.719. The van der Waals surface area contributed by atoms with Crippen LogP contribution < -0.4 is 11.1 Å². The first-order valence-electron chi connectivity index (χ1n) is 3.76. The smallest absolute Gasteiger partial charge is 0.0517 e. The Morgan fingerprint density at radius 3 is 2.64 bits per heavy atom. The molecule has 0 bridgehead atoms. The van der Waals surface area contributed by atoms with Crippen molar-refractivity contribution in [1.82, 2.24) is 5.32 Å². The van der Waals surface area contributed by atoms with Gasteiger partial charge < -0.3 is 11.1 Å². The van der Waals surface area contributed by atoms with E-state index in [-0.39, 0.29) is 0 Å². The lowest BCUT2D eigenvalue weighted by molar-refractivity contribution is 0.802. The maximum atomic E-state index is 5.46. The lowest BCUT2D eigenvalue weighted by Gasteiger charge is -1.95. The van der Waals surface area contributed by atoms with Crippen molar-refractivity contribution in [3.8, 4) is 0 Å². The van der Waals surface area contributed by atoms with E-state index in [2.05, 4.69) is 10.3 Å². The van der Waals surface area contributed by atoms with Gasteiger partial charge in [-0.2, -0.15) is 0 Å². The minimum absolute atomic E-state index is 0.802. The number of hydrogen-bond donors (Lipinski definition) is 2. The van der Waals surface area contributed by atoms with Gasteiger partial charge in [-0.05, 0) is 27.0 Å². The van der Waals surface area contributed by atoms with Crippen LogP contribution in [0.15, 0.2) is 16.8 Å². The van der Waals surface area contributed by atoms with Crippen LogP contribution in [0.1, 0.15) is 13.8 Å². The highest BCUT2D eigenvalue weighted by atomic mass is 14.9. The van der Waals surface area contributed by atoms with Gasteiger partial charge in [-0.3, -0.25) is 4.99 Å². The van der Waals surface area contributed by atoms with Crippen LogP contribution >= 0.6 is 0 Å². The van der Waals surface area contributed by atoms with E-state index in [9.17, 15) is 0 Å². The molecular weight excluding hydrogens is 138 g/mol. The molecule has 0 aromatic heterocycles. The molecule has 0 saturated heterocycles. The van der Waals surface area contributed by atoms with E-state index in [4.69, 9.17) is 5.73 Å². The zero-order valence-corrected chi connectivity index (χ0v) is 7.52. The molecule has 0 aliphatic heterocycles. The first-order chi connectivity index (χ1) is 5.16. The van der Waals surface area contributed by atoms with Gasteiger partial charge in [-0.1, -0.05) is 0 Å². The Hall–Kier alpha value is -0.830. The Bertz CT molecular complexity index is 155. The van der Waals surface area contributed by atoms with Gasteiger partial charge in [0.25, 0.3) is 0 Å². The second-order valence-electron chi connectivity index (χ2n) is 2.52. The van der Waals surface area contributed by atoms with Crippen LogP contribution in [0.4, 0.5) is 0 Å². The third-order valence-corrected chi connectivity index (χ3v) is 1.16. The number of nitrogens with two attached hydrogens (primary N) is 1. The summed E-state index contributed by atoms with van der Waals surface area (Å²) in [7, 11) is 1.91. The average Bonchev–Trinajstić information content (AvgIpc) is 1.86. The molecule has 0 heterocycles. The van der Waals surface area contributed by atoms with E-state index in [0.717, 1.165) is 24.5 Å². The number of nitrogens with one attached hydrogen (secondary N) is 1. The molecule has 0 aromatic rings. The number of hydrogen-bond acceptors (Lipinski definition) is 3. The molecule has 0 aliphatic rings. The van der Waals surface area contributed by atoms with E-state index in [0.29, 0.717) is 0 Å². The molecule has 3 heteroatoms. The highest BCUT2D eigenvalue weighted by molar-refractivity contribution is 5.93. The van der Waals surface area contributed by atoms with Crippen LogP contribution in [0.3, 0.4) is 0 Å². The minimum Gasteiger partial charge on any atom is -0.402 e. The fourth-order valence-corrected chi connectivity index (χ4v) is 0.719. The van der Waals surface area contributed by atoms with Crippen molar-refractivity contribution < 1.29 is 0 Å². The molecule has 0 amide bonds. The first kappa shape index (κ1) is 10.2. The Kier molecular flexibility index (Phi) is 5.47. The largest absolute Gasteiger partial charge is 0.402 e. The molecule has 0 spiro atoms. The van der Waals surface area contributed by atoms with E-state index in [1.807, 2.05) is 27.0 Å². The van der Waals surface area contributed by atoms with Crippen molar-refractivity contribution in [3.05, 3.63) is 11.8 Å². The van der Waals surface area contributed by atoms with E-state index < -0.39 is 0 Å². The fraction of sp³-hybridized carbons (Fsp3) is 0.625. The summed E-state index contributed by atoms with van der Waals surface area (Å²) in [5, 5.41) is 3.02. The molecule has 0 unspecified atom stereocenters. The van der Waals surface area contributed by atoms with E-state index in [1.165, 1.54) is 0 Å². The molecule has 64 valence electrons. The van der Waals surface area contributed by atoms with Crippen molar-refractivity contribution >= 4 is 5.71 Å². The Morgan fingerprint density at radius 1 is 1.55 bits per heavy atom. The maximum absolute atomic E-state index is 5.46. The summed E-state index contributed by atoms with van der Waals surface area (Å²) in [6, 6.07) is 0. The third kappa shape index (κ3) is 7.06. The van der Waals surface area contributed by atoms with E-state index >= 15 is 0 Å². The highest BCUT2D eigenvalue weighted by Gasteiger charge is 1.84. The van der Waals surface area contributed by atoms with E-state index in [1.54, 1.807) is 0 Å². The van der Waals surface area contributed by atoms with Crippen LogP contribution in [-0.4, -0.2) is 25.8 Å². The summed E-state index contributed by atoms with van der Waals surface area (Å²) < 4.78 is 0. The van der Waals surface area contributed by atoms with Gasteiger partial charge in [0, 0.05) is 18.0 Å². The van der Waals surface area contributed by atoms with Crippen LogP contribution in [0.5, 0.6) is 0 Å². The number of nitrogens with zero attached hydrogens (tertiary/aromatic N) is 1. The number of rotatable bonds is 4. The van der Waals surface area contributed by atoms with Gasteiger partial charge in [0.15, 0.2) is 0 Å². The summed E-state index contributed by atoms with van der Waals surface area (Å²) in [6.07, 6.45) is 1.87. The lowest BCUT2D eigenvalue weighted by Crippen LogP contribution is -2.11. The number of likely N-dealkylation sites (N-methyl/N-ethyl adjacent to an activating group) is 1. The molecule has 0 aliphatic carbocycles. The minimum atomic E-state index is 0.802. The summed E-state index contributed by atoms with van der Waals surface area (Å²) in [6.45, 7) is 5.53. The highest BCUT2D eigenvalue weighted by Crippen LogP contribution is 1.84. The normalized spacial score (nSPS) is 13.7. The third-order valence-electron chi connectivity index (χ3n) is 1.16. The predicted octanol–water partition coefficient (Wildman–Crippen LogP) is 0.529. The molecule has 3 nitrogen and oxygen atoms in total. The number of aliphatic imine (C=N–C) groups is 1. The van der Waals surface area contributed by atoms with Crippen LogP contribution in [0.25, 0.3) is 0 Å². The quantitative estimate of drug-likeness (QED) is 0.459. The van der Waals surface area contributed by atoms with Crippen molar-refractivity contribution in [2.75, 3.05) is 20.1 Å². The Balaban J connectivity index is 3.72. The van der Waals surface area contributed by atoms with Crippen molar-refractivity contribution in [2.24, 2.45) is 10.7 Å². The Morgan fingerprint density at radius 2 is 2.18 bits per heavy atom. The zero-order chi connectivity index (χ0) is 8.69.